The first-order valence-electron chi connectivity index (χ1n) is 31.7. The van der Waals surface area contributed by atoms with Gasteiger partial charge in [-0.25, -0.2) is 15.0 Å². The zero-order chi connectivity index (χ0) is 59.1. The number of H-pyrrole nitrogens is 3. The van der Waals surface area contributed by atoms with Gasteiger partial charge in [-0.05, 0) is 142 Å². The van der Waals surface area contributed by atoms with Crippen molar-refractivity contribution in [2.75, 3.05) is 145 Å². The van der Waals surface area contributed by atoms with Crippen LogP contribution in [0.25, 0.3) is 33.5 Å². The van der Waals surface area contributed by atoms with Gasteiger partial charge >= 0.3 is 0 Å². The predicted molar refractivity (Wildman–Crippen MR) is 349 cm³/mol. The van der Waals surface area contributed by atoms with Gasteiger partial charge in [-0.2, -0.15) is 29.9 Å². The number of hydrogen-bond donors (Lipinski definition) is 9. The minimum Gasteiger partial charge on any atom is -0.378 e. The summed E-state index contributed by atoms with van der Waals surface area (Å²) in [6, 6.07) is 25.1. The molecule has 0 bridgehead atoms. The summed E-state index contributed by atoms with van der Waals surface area (Å²) in [5.74, 6) is 6.19. The third-order valence-corrected chi connectivity index (χ3v) is 17.1. The smallest absolute Gasteiger partial charge is 0.231 e. The van der Waals surface area contributed by atoms with Crippen LogP contribution < -0.4 is 46.6 Å². The van der Waals surface area contributed by atoms with E-state index in [0.717, 1.165) is 168 Å². The Morgan fingerprint density at radius 3 is 1.18 bits per heavy atom. The fourth-order valence-electron chi connectivity index (χ4n) is 11.9. The van der Waals surface area contributed by atoms with Crippen molar-refractivity contribution < 1.29 is 14.2 Å². The molecule has 0 spiro atoms. The maximum absolute atomic E-state index is 5.44. The van der Waals surface area contributed by atoms with E-state index in [4.69, 9.17) is 24.2 Å². The van der Waals surface area contributed by atoms with Crippen LogP contribution in [0.1, 0.15) is 70.6 Å². The van der Waals surface area contributed by atoms with E-state index in [0.29, 0.717) is 40.7 Å². The van der Waals surface area contributed by atoms with E-state index < -0.39 is 0 Å². The number of aromatic amines is 3. The molecule has 9 aromatic rings. The monoisotopic (exact) mass is 1190 g/mol. The van der Waals surface area contributed by atoms with Crippen LogP contribution in [0.3, 0.4) is 0 Å². The van der Waals surface area contributed by atoms with Crippen LogP contribution in [-0.2, 0) is 14.2 Å². The van der Waals surface area contributed by atoms with Crippen molar-refractivity contribution in [3.63, 3.8) is 0 Å². The fraction of sp³-hybridized carbons (Fsp3) is 0.453. The summed E-state index contributed by atoms with van der Waals surface area (Å²) in [6.07, 6.45) is 23.7. The number of imidazole rings is 3. The molecule has 9 N–H and O–H groups in total. The Morgan fingerprint density at radius 2 is 0.807 bits per heavy atom. The van der Waals surface area contributed by atoms with Crippen molar-refractivity contribution >= 4 is 103 Å². The molecule has 3 aliphatic heterocycles. The predicted octanol–water partition coefficient (Wildman–Crippen LogP) is 10.8. The molecule has 3 saturated heterocycles. The van der Waals surface area contributed by atoms with Crippen LogP contribution in [0, 0.1) is 17.8 Å². The van der Waals surface area contributed by atoms with E-state index in [2.05, 4.69) is 181 Å². The molecule has 9 heterocycles. The number of rotatable bonds is 19. The largest absolute Gasteiger partial charge is 0.378 e. The van der Waals surface area contributed by atoms with Crippen molar-refractivity contribution in [1.29, 1.82) is 0 Å². The van der Waals surface area contributed by atoms with Crippen molar-refractivity contribution in [2.45, 2.75) is 70.6 Å². The number of nitrogens with zero attached hydrogens (tertiary/aromatic N) is 12. The third kappa shape index (κ3) is 15.4. The Hall–Kier alpha value is -8.87. The van der Waals surface area contributed by atoms with E-state index >= 15 is 0 Å². The molecule has 5 fully saturated rings. The van der Waals surface area contributed by atoms with Crippen LogP contribution in [0.4, 0.5) is 69.4 Å². The number of benzene rings is 3. The third-order valence-electron chi connectivity index (χ3n) is 17.1. The van der Waals surface area contributed by atoms with Gasteiger partial charge < -0.3 is 75.8 Å². The van der Waals surface area contributed by atoms with Crippen LogP contribution in [0.2, 0.25) is 0 Å². The van der Waals surface area contributed by atoms with Crippen molar-refractivity contribution in [1.82, 2.24) is 59.8 Å². The summed E-state index contributed by atoms with van der Waals surface area (Å²) in [7, 11) is 0. The van der Waals surface area contributed by atoms with E-state index in [1.807, 2.05) is 0 Å². The first-order chi connectivity index (χ1) is 43.5. The summed E-state index contributed by atoms with van der Waals surface area (Å²) in [5, 5.41) is 20.4. The summed E-state index contributed by atoms with van der Waals surface area (Å²) in [5.41, 5.74) is 11.0. The molecule has 1 unspecified atom stereocenters. The lowest BCUT2D eigenvalue weighted by Gasteiger charge is -2.28. The zero-order valence-corrected chi connectivity index (χ0v) is 50.0. The number of allylic oxidation sites excluding steroid dienone is 2. The van der Waals surface area contributed by atoms with Gasteiger partial charge in [0.2, 0.25) is 17.8 Å². The Labute approximate surface area is 512 Å². The van der Waals surface area contributed by atoms with Crippen LogP contribution in [-0.4, -0.2) is 158 Å². The number of hydrogen-bond acceptors (Lipinski definition) is 21. The highest BCUT2D eigenvalue weighted by atomic mass is 16.5. The molecular weight excluding hydrogens is 1110 g/mol. The Bertz CT molecular complexity index is 3660. The topological polar surface area (TPSA) is 273 Å². The molecule has 15 rings (SSSR count). The second-order valence-corrected chi connectivity index (χ2v) is 23.3. The lowest BCUT2D eigenvalue weighted by atomic mass is 9.89. The molecule has 1 atom stereocenters. The normalized spacial score (nSPS) is 18.1. The van der Waals surface area contributed by atoms with E-state index in [-0.39, 0.29) is 0 Å². The molecule has 6 aliphatic rings. The van der Waals surface area contributed by atoms with Gasteiger partial charge in [0, 0.05) is 93.0 Å². The van der Waals surface area contributed by atoms with Crippen LogP contribution in [0.5, 0.6) is 0 Å². The molecule has 3 aliphatic carbocycles. The highest BCUT2D eigenvalue weighted by Gasteiger charge is 2.23. The maximum atomic E-state index is 5.44. The molecule has 0 amide bonds. The molecule has 3 aromatic carbocycles. The molecule has 24 nitrogen and oxygen atoms in total. The standard InChI is InChI=1S/C23H29N7O.C22H29N7O.C19H23N7O/c1-2-4-17(5-3-1)10-11-24-21-20-22(26-16-25-20)29-23(28-21)27-18-6-8-19(9-7-18)30-12-14-31-15-13-30;1-2-4-16(5-3-1)14-23-20-19-21(25-15-24-19)28-22(27-20)26-17-6-8-18(9-7-17)29-10-12-30-13-11-29;1-2-13(1)11-20-17-16-18(22-12-21-16)25-19(24-17)23-14-3-5-15(6-4-14)26-7-9-27-10-8-26/h2,4,6-9,16-17H,1,3,5,10-15H2,(H3,24,25,26,27,28,29);6-9,15-16H,1-5,10-14H2,(H3,23,24,25,26,27,28);3-6,12-13H,1-2,7-11H2,(H3,20,21,22,23,24,25). The summed E-state index contributed by atoms with van der Waals surface area (Å²) in [6.45, 7) is 13.0. The Balaban J connectivity index is 0.000000122. The van der Waals surface area contributed by atoms with Gasteiger partial charge in [-0.3, -0.25) is 0 Å². The van der Waals surface area contributed by atoms with Gasteiger partial charge in [0.1, 0.15) is 16.6 Å². The number of anilines is 12. The molecule has 24 heteroatoms. The first-order valence-corrected chi connectivity index (χ1v) is 31.7. The number of nitrogens with one attached hydrogen (secondary N) is 9. The minimum absolute atomic E-state index is 0.541. The molecule has 6 aromatic heterocycles. The SMILES string of the molecule is C1=CC(CCNc2nc(Nc3ccc(N4CCOCC4)cc3)nc3nc[nH]c23)CCC1.c1nc2nc(Nc3ccc(N4CCOCC4)cc3)nc(NCC3CC3)c2[nH]1.c1nc2nc(Nc3ccc(N4CCOCC4)cc3)nc(NCC3CCCCC3)c2[nH]1. The highest BCUT2D eigenvalue weighted by Crippen LogP contribution is 2.32. The summed E-state index contributed by atoms with van der Waals surface area (Å²) in [4.78, 5) is 57.2. The quantitative estimate of drug-likeness (QED) is 0.0341. The van der Waals surface area contributed by atoms with Gasteiger partial charge in [0.05, 0.1) is 58.6 Å². The van der Waals surface area contributed by atoms with Crippen molar-refractivity contribution in [3.8, 4) is 0 Å². The van der Waals surface area contributed by atoms with E-state index in [1.165, 1.54) is 81.3 Å². The average Bonchev–Trinajstić information content (AvgIpc) is 4.02. The second-order valence-electron chi connectivity index (χ2n) is 23.3. The summed E-state index contributed by atoms with van der Waals surface area (Å²) >= 11 is 0. The fourth-order valence-corrected chi connectivity index (χ4v) is 11.9. The number of fused-ring (bicyclic) bond motifs is 3. The lowest BCUT2D eigenvalue weighted by molar-refractivity contribution is 0.122. The van der Waals surface area contributed by atoms with E-state index in [1.54, 1.807) is 19.0 Å². The van der Waals surface area contributed by atoms with Gasteiger partial charge in [-0.1, -0.05) is 31.4 Å². The summed E-state index contributed by atoms with van der Waals surface area (Å²) < 4.78 is 16.3. The Kier molecular flexibility index (Phi) is 19.0. The molecule has 88 heavy (non-hydrogen) atoms. The van der Waals surface area contributed by atoms with Crippen LogP contribution in [0.15, 0.2) is 104 Å². The van der Waals surface area contributed by atoms with Gasteiger partial charge in [0.25, 0.3) is 0 Å². The number of aromatic nitrogens is 12. The second kappa shape index (κ2) is 28.8. The average molecular weight is 1190 g/mol. The highest BCUT2D eigenvalue weighted by molar-refractivity contribution is 5.86. The molecule has 2 saturated carbocycles. The molecule has 0 radical (unpaired) electrons. The first kappa shape index (κ1) is 58.2. The molecular formula is C64H81N21O3. The van der Waals surface area contributed by atoms with Crippen LogP contribution >= 0.6 is 0 Å². The van der Waals surface area contributed by atoms with Crippen molar-refractivity contribution in [3.05, 3.63) is 104 Å². The lowest BCUT2D eigenvalue weighted by Crippen LogP contribution is -2.36. The zero-order valence-electron chi connectivity index (χ0n) is 50.0. The minimum atomic E-state index is 0.541. The van der Waals surface area contributed by atoms with Crippen molar-refractivity contribution in [2.24, 2.45) is 17.8 Å². The number of morpholine rings is 3. The van der Waals surface area contributed by atoms with E-state index in [9.17, 15) is 0 Å². The van der Waals surface area contributed by atoms with Gasteiger partial charge in [-0.15, -0.1) is 0 Å². The maximum Gasteiger partial charge on any atom is 0.231 e. The number of ether oxygens (including phenoxy) is 3. The Morgan fingerprint density at radius 1 is 0.420 bits per heavy atom. The molecule has 460 valence electrons. The van der Waals surface area contributed by atoms with Gasteiger partial charge in [0.15, 0.2) is 34.4 Å².